The fourth-order valence-electron chi connectivity index (χ4n) is 2.07. The summed E-state index contributed by atoms with van der Waals surface area (Å²) in [5.74, 6) is 0.284. The first-order valence-electron chi connectivity index (χ1n) is 6.99. The van der Waals surface area contributed by atoms with Crippen LogP contribution in [0.4, 0.5) is 0 Å². The molecule has 0 bridgehead atoms. The van der Waals surface area contributed by atoms with Gasteiger partial charge in [0.25, 0.3) is 5.56 Å². The topological polar surface area (TPSA) is 94.0 Å². The van der Waals surface area contributed by atoms with Crippen LogP contribution in [-0.4, -0.2) is 25.0 Å². The molecule has 124 valence electrons. The maximum atomic E-state index is 11.8. The fraction of sp³-hybridized carbons (Fsp3) is 0.200. The average molecular weight is 367 g/mol. The van der Waals surface area contributed by atoms with Gasteiger partial charge in [0.2, 0.25) is 11.7 Å². The number of hydrogen-bond acceptors (Lipinski definition) is 6. The van der Waals surface area contributed by atoms with Crippen LogP contribution in [0.25, 0.3) is 0 Å². The molecule has 7 nitrogen and oxygen atoms in total. The van der Waals surface area contributed by atoms with Crippen LogP contribution in [0.3, 0.4) is 0 Å². The van der Waals surface area contributed by atoms with Crippen LogP contribution < -0.4 is 5.56 Å². The molecule has 0 unspecified atom stereocenters. The summed E-state index contributed by atoms with van der Waals surface area (Å²) in [5, 5.41) is 18.5. The fourth-order valence-corrected chi connectivity index (χ4v) is 2.35. The van der Waals surface area contributed by atoms with Crippen molar-refractivity contribution in [3.8, 4) is 0 Å². The zero-order chi connectivity index (χ0) is 17.1. The molecule has 2 heterocycles. The molecule has 0 radical (unpaired) electrons. The molecule has 0 saturated heterocycles. The third kappa shape index (κ3) is 3.81. The average Bonchev–Trinajstić information content (AvgIpc) is 3.03. The van der Waals surface area contributed by atoms with E-state index in [1.54, 1.807) is 12.1 Å². The van der Waals surface area contributed by atoms with Gasteiger partial charge in [-0.15, -0.1) is 0 Å². The second-order valence-corrected chi connectivity index (χ2v) is 5.88. The Kier molecular flexibility index (Phi) is 4.94. The highest BCUT2D eigenvalue weighted by molar-refractivity contribution is 6.30. The summed E-state index contributed by atoms with van der Waals surface area (Å²) in [4.78, 5) is 15.9. The summed E-state index contributed by atoms with van der Waals surface area (Å²) in [6.45, 7) is -0.0277. The molecule has 0 amide bonds. The first kappa shape index (κ1) is 16.6. The number of aromatic nitrogens is 4. The van der Waals surface area contributed by atoms with E-state index < -0.39 is 11.7 Å². The van der Waals surface area contributed by atoms with Crippen LogP contribution in [0.1, 0.15) is 23.4 Å². The highest BCUT2D eigenvalue weighted by Crippen LogP contribution is 2.17. The molecule has 0 saturated carbocycles. The van der Waals surface area contributed by atoms with E-state index in [4.69, 9.17) is 27.7 Å². The van der Waals surface area contributed by atoms with E-state index in [-0.39, 0.29) is 23.3 Å². The number of benzene rings is 1. The largest absolute Gasteiger partial charge is 0.385 e. The number of aliphatic hydroxyl groups excluding tert-OH is 1. The monoisotopic (exact) mass is 366 g/mol. The van der Waals surface area contributed by atoms with Crippen molar-refractivity contribution in [3.05, 3.63) is 74.2 Å². The van der Waals surface area contributed by atoms with Crippen LogP contribution in [0, 0.1) is 0 Å². The minimum Gasteiger partial charge on any atom is -0.385 e. The van der Waals surface area contributed by atoms with Crippen LogP contribution in [-0.2, 0) is 13.0 Å². The second-order valence-electron chi connectivity index (χ2n) is 5.03. The molecule has 3 rings (SSSR count). The summed E-state index contributed by atoms with van der Waals surface area (Å²) in [6, 6.07) is 8.49. The Bertz CT molecular complexity index is 892. The van der Waals surface area contributed by atoms with Crippen LogP contribution >= 0.6 is 23.2 Å². The second kappa shape index (κ2) is 7.12. The van der Waals surface area contributed by atoms with E-state index in [1.807, 2.05) is 12.1 Å². The summed E-state index contributed by atoms with van der Waals surface area (Å²) in [6.07, 6.45) is 0.773. The maximum Gasteiger partial charge on any atom is 0.285 e. The molecule has 0 spiro atoms. The molecule has 0 aliphatic heterocycles. The highest BCUT2D eigenvalue weighted by Gasteiger charge is 2.17. The van der Waals surface area contributed by atoms with Crippen molar-refractivity contribution in [1.82, 2.24) is 19.9 Å². The normalized spacial score (nSPS) is 12.3. The van der Waals surface area contributed by atoms with Gasteiger partial charge in [-0.1, -0.05) is 40.5 Å². The lowest BCUT2D eigenvalue weighted by Crippen LogP contribution is -2.23. The van der Waals surface area contributed by atoms with Crippen molar-refractivity contribution < 1.29 is 9.63 Å². The van der Waals surface area contributed by atoms with Crippen molar-refractivity contribution >= 4 is 23.2 Å². The van der Waals surface area contributed by atoms with Crippen molar-refractivity contribution in [2.45, 2.75) is 19.1 Å². The molecule has 1 aromatic carbocycles. The molecule has 2 aromatic heterocycles. The smallest absolute Gasteiger partial charge is 0.285 e. The number of aliphatic hydroxyl groups is 1. The van der Waals surface area contributed by atoms with Crippen LogP contribution in [0.15, 0.2) is 45.8 Å². The van der Waals surface area contributed by atoms with Crippen molar-refractivity contribution in [1.29, 1.82) is 0 Å². The van der Waals surface area contributed by atoms with Gasteiger partial charge in [0.15, 0.2) is 0 Å². The first-order chi connectivity index (χ1) is 11.5. The number of nitrogens with zero attached hydrogens (tertiary/aromatic N) is 4. The van der Waals surface area contributed by atoms with Gasteiger partial charge in [0, 0.05) is 17.6 Å². The lowest BCUT2D eigenvalue weighted by molar-refractivity contribution is 0.164. The Morgan fingerprint density at radius 3 is 2.71 bits per heavy atom. The zero-order valence-corrected chi connectivity index (χ0v) is 13.8. The summed E-state index contributed by atoms with van der Waals surface area (Å²) < 4.78 is 6.16. The van der Waals surface area contributed by atoms with Crippen molar-refractivity contribution in [3.63, 3.8) is 0 Å². The van der Waals surface area contributed by atoms with Gasteiger partial charge < -0.3 is 9.63 Å². The Labute approximate surface area is 146 Å². The van der Waals surface area contributed by atoms with E-state index in [9.17, 15) is 9.90 Å². The maximum absolute atomic E-state index is 11.8. The lowest BCUT2D eigenvalue weighted by Gasteiger charge is -2.05. The number of halogens is 2. The molecule has 0 aliphatic carbocycles. The van der Waals surface area contributed by atoms with Crippen molar-refractivity contribution in [2.75, 3.05) is 0 Å². The SMILES string of the molecule is O=c1c(Cl)ccnn1Cc1nc([C@@H](O)Cc2ccc(Cl)cc2)no1. The lowest BCUT2D eigenvalue weighted by atomic mass is 10.1. The van der Waals surface area contributed by atoms with Crippen LogP contribution in [0.2, 0.25) is 10.0 Å². The van der Waals surface area contributed by atoms with E-state index in [2.05, 4.69) is 15.2 Å². The molecular weight excluding hydrogens is 355 g/mol. The van der Waals surface area contributed by atoms with E-state index in [0.717, 1.165) is 10.2 Å². The van der Waals surface area contributed by atoms with Crippen LogP contribution in [0.5, 0.6) is 0 Å². The van der Waals surface area contributed by atoms with Gasteiger partial charge in [-0.3, -0.25) is 4.79 Å². The standard InChI is InChI=1S/C15H12Cl2N4O3/c16-10-3-1-9(2-4-10)7-12(22)14-19-13(24-20-14)8-21-15(23)11(17)5-6-18-21/h1-6,12,22H,7-8H2/t12-/m0/s1. The predicted molar refractivity (Wildman–Crippen MR) is 87.0 cm³/mol. The third-order valence-corrected chi connectivity index (χ3v) is 3.81. The predicted octanol–water partition coefficient (Wildman–Crippen LogP) is 2.26. The molecule has 9 heteroatoms. The minimum absolute atomic E-state index is 0.0277. The molecular formula is C15H12Cl2N4O3. The van der Waals surface area contributed by atoms with Crippen molar-refractivity contribution in [2.24, 2.45) is 0 Å². The number of hydrogen-bond donors (Lipinski definition) is 1. The highest BCUT2D eigenvalue weighted by atomic mass is 35.5. The van der Waals surface area contributed by atoms with Gasteiger partial charge in [-0.25, -0.2) is 4.68 Å². The van der Waals surface area contributed by atoms with E-state index in [0.29, 0.717) is 11.4 Å². The molecule has 1 atom stereocenters. The quantitative estimate of drug-likeness (QED) is 0.744. The van der Waals surface area contributed by atoms with Gasteiger partial charge in [0.1, 0.15) is 17.7 Å². The summed E-state index contributed by atoms with van der Waals surface area (Å²) in [5.41, 5.74) is 0.423. The summed E-state index contributed by atoms with van der Waals surface area (Å²) >= 11 is 11.6. The summed E-state index contributed by atoms with van der Waals surface area (Å²) in [7, 11) is 0. The Hall–Kier alpha value is -2.22. The van der Waals surface area contributed by atoms with Gasteiger partial charge >= 0.3 is 0 Å². The number of rotatable bonds is 5. The van der Waals surface area contributed by atoms with Gasteiger partial charge in [-0.05, 0) is 23.8 Å². The van der Waals surface area contributed by atoms with E-state index >= 15 is 0 Å². The Morgan fingerprint density at radius 2 is 1.96 bits per heavy atom. The Balaban J connectivity index is 1.71. The molecule has 0 aliphatic rings. The molecule has 3 aromatic rings. The Morgan fingerprint density at radius 1 is 1.21 bits per heavy atom. The molecule has 1 N–H and O–H groups in total. The van der Waals surface area contributed by atoms with Gasteiger partial charge in [0.05, 0.1) is 0 Å². The van der Waals surface area contributed by atoms with E-state index in [1.165, 1.54) is 12.3 Å². The van der Waals surface area contributed by atoms with Gasteiger partial charge in [-0.2, -0.15) is 10.1 Å². The molecule has 24 heavy (non-hydrogen) atoms. The zero-order valence-electron chi connectivity index (χ0n) is 12.3. The third-order valence-electron chi connectivity index (χ3n) is 3.27. The molecule has 0 fully saturated rings. The first-order valence-corrected chi connectivity index (χ1v) is 7.75. The minimum atomic E-state index is -0.937.